The third kappa shape index (κ3) is 2.38. The van der Waals surface area contributed by atoms with Gasteiger partial charge >= 0.3 is 0 Å². The Hall–Kier alpha value is -0.530. The van der Waals surface area contributed by atoms with Gasteiger partial charge in [-0.3, -0.25) is 0 Å². The summed E-state index contributed by atoms with van der Waals surface area (Å²) in [6, 6.07) is 8.81. The van der Waals surface area contributed by atoms with Crippen LogP contribution in [-0.4, -0.2) is 12.1 Å². The summed E-state index contributed by atoms with van der Waals surface area (Å²) in [7, 11) is 0. The molecule has 5 rings (SSSR count). The predicted molar refractivity (Wildman–Crippen MR) is 98.0 cm³/mol. The fourth-order valence-corrected chi connectivity index (χ4v) is 6.89. The van der Waals surface area contributed by atoms with E-state index in [0.29, 0.717) is 10.8 Å². The number of nitrogens with one attached hydrogen (secondary N) is 1. The molecular weight excluding hydrogens is 302 g/mol. The lowest BCUT2D eigenvalue weighted by atomic mass is 9.39. The van der Waals surface area contributed by atoms with Crippen LogP contribution in [0.25, 0.3) is 0 Å². The summed E-state index contributed by atoms with van der Waals surface area (Å²) in [5, 5.41) is 4.70. The third-order valence-corrected chi connectivity index (χ3v) is 7.71. The summed E-state index contributed by atoms with van der Waals surface area (Å²) >= 11 is 6.15. The van der Waals surface area contributed by atoms with Crippen molar-refractivity contribution in [3.63, 3.8) is 0 Å². The maximum Gasteiger partial charge on any atom is 0.0406 e. The van der Waals surface area contributed by atoms with Gasteiger partial charge < -0.3 is 5.32 Å². The van der Waals surface area contributed by atoms with Crippen LogP contribution in [0.2, 0.25) is 5.02 Å². The van der Waals surface area contributed by atoms with E-state index < -0.39 is 0 Å². The van der Waals surface area contributed by atoms with Crippen LogP contribution in [0.3, 0.4) is 0 Å². The van der Waals surface area contributed by atoms with Crippen molar-refractivity contribution in [2.75, 3.05) is 6.54 Å². The Morgan fingerprint density at radius 2 is 1.70 bits per heavy atom. The molecule has 0 saturated heterocycles. The third-order valence-electron chi connectivity index (χ3n) is 7.46. The average Bonchev–Trinajstić information content (AvgIpc) is 2.46. The molecule has 2 atom stereocenters. The monoisotopic (exact) mass is 331 g/mol. The fraction of sp³-hybridized carbons (Fsp3) is 0.714. The Bertz CT molecular complexity index is 574. The van der Waals surface area contributed by atoms with Crippen LogP contribution in [-0.2, 0) is 5.41 Å². The Labute approximate surface area is 146 Å². The van der Waals surface area contributed by atoms with Crippen molar-refractivity contribution in [2.24, 2.45) is 17.3 Å². The minimum atomic E-state index is 0.233. The number of halogens is 1. The Kier molecular flexibility index (Phi) is 3.63. The lowest BCUT2D eigenvalue weighted by Crippen LogP contribution is -2.64. The highest BCUT2D eigenvalue weighted by Crippen LogP contribution is 2.68. The van der Waals surface area contributed by atoms with Gasteiger partial charge in [0.1, 0.15) is 0 Å². The molecule has 4 aliphatic rings. The molecule has 23 heavy (non-hydrogen) atoms. The molecule has 0 aromatic heterocycles. The minimum Gasteiger partial charge on any atom is -0.312 e. The fourth-order valence-electron chi connectivity index (χ4n) is 6.76. The zero-order valence-electron chi connectivity index (χ0n) is 14.8. The molecule has 4 fully saturated rings. The lowest BCUT2D eigenvalue weighted by molar-refractivity contribution is -0.113. The SMILES string of the molecule is CCNC(C)(C)C12CC3CC(CC(c4ccc(Cl)cc4)(C3)C1)C2. The summed E-state index contributed by atoms with van der Waals surface area (Å²) in [4.78, 5) is 0. The number of hydrogen-bond donors (Lipinski definition) is 1. The van der Waals surface area contributed by atoms with Gasteiger partial charge in [-0.2, -0.15) is 0 Å². The Balaban J connectivity index is 1.75. The van der Waals surface area contributed by atoms with Gasteiger partial charge in [0.25, 0.3) is 0 Å². The molecule has 0 amide bonds. The van der Waals surface area contributed by atoms with Crippen molar-refractivity contribution in [3.8, 4) is 0 Å². The molecule has 0 heterocycles. The zero-order chi connectivity index (χ0) is 16.3. The van der Waals surface area contributed by atoms with Crippen molar-refractivity contribution in [1.29, 1.82) is 0 Å². The van der Waals surface area contributed by atoms with Crippen LogP contribution >= 0.6 is 11.6 Å². The molecule has 2 heteroatoms. The molecule has 4 saturated carbocycles. The lowest BCUT2D eigenvalue weighted by Gasteiger charge is -2.67. The van der Waals surface area contributed by atoms with Gasteiger partial charge in [0.15, 0.2) is 0 Å². The van der Waals surface area contributed by atoms with E-state index in [1.807, 2.05) is 0 Å². The molecule has 1 N–H and O–H groups in total. The van der Waals surface area contributed by atoms with E-state index >= 15 is 0 Å². The molecule has 4 bridgehead atoms. The highest BCUT2D eigenvalue weighted by molar-refractivity contribution is 6.30. The first-order chi connectivity index (χ1) is 10.9. The predicted octanol–water partition coefficient (Wildman–Crippen LogP) is 5.57. The summed E-state index contributed by atoms with van der Waals surface area (Å²) in [6.45, 7) is 8.23. The Morgan fingerprint density at radius 1 is 1.09 bits per heavy atom. The molecule has 2 unspecified atom stereocenters. The van der Waals surface area contributed by atoms with E-state index in [4.69, 9.17) is 11.6 Å². The van der Waals surface area contributed by atoms with Gasteiger partial charge in [-0.1, -0.05) is 30.7 Å². The molecule has 0 aliphatic heterocycles. The van der Waals surface area contributed by atoms with Crippen LogP contribution < -0.4 is 5.32 Å². The molecule has 0 radical (unpaired) electrons. The van der Waals surface area contributed by atoms with Crippen molar-refractivity contribution in [2.45, 2.75) is 70.3 Å². The van der Waals surface area contributed by atoms with Crippen molar-refractivity contribution >= 4 is 11.6 Å². The maximum absolute atomic E-state index is 6.15. The largest absolute Gasteiger partial charge is 0.312 e. The number of rotatable bonds is 4. The first-order valence-electron chi connectivity index (χ1n) is 9.39. The molecule has 126 valence electrons. The van der Waals surface area contributed by atoms with Crippen molar-refractivity contribution < 1.29 is 0 Å². The van der Waals surface area contributed by atoms with Gasteiger partial charge in [-0.25, -0.2) is 0 Å². The average molecular weight is 332 g/mol. The highest BCUT2D eigenvalue weighted by Gasteiger charge is 2.62. The maximum atomic E-state index is 6.15. The molecular formula is C21H30ClN. The summed E-state index contributed by atoms with van der Waals surface area (Å²) < 4.78 is 0. The van der Waals surface area contributed by atoms with E-state index in [2.05, 4.69) is 50.4 Å². The van der Waals surface area contributed by atoms with E-state index in [0.717, 1.165) is 23.4 Å². The number of benzene rings is 1. The molecule has 1 nitrogen and oxygen atoms in total. The van der Waals surface area contributed by atoms with Crippen LogP contribution in [0.1, 0.15) is 64.9 Å². The first-order valence-corrected chi connectivity index (χ1v) is 9.77. The van der Waals surface area contributed by atoms with E-state index in [1.54, 1.807) is 5.56 Å². The van der Waals surface area contributed by atoms with Crippen LogP contribution in [0, 0.1) is 17.3 Å². The minimum absolute atomic E-state index is 0.233. The first kappa shape index (κ1) is 16.0. The zero-order valence-corrected chi connectivity index (χ0v) is 15.5. The second kappa shape index (κ2) is 5.23. The normalized spacial score (nSPS) is 39.0. The molecule has 0 spiro atoms. The Morgan fingerprint density at radius 3 is 2.26 bits per heavy atom. The molecule has 4 aliphatic carbocycles. The molecule has 1 aromatic carbocycles. The van der Waals surface area contributed by atoms with Gasteiger partial charge in [0.05, 0.1) is 0 Å². The van der Waals surface area contributed by atoms with Crippen LogP contribution in [0.5, 0.6) is 0 Å². The van der Waals surface area contributed by atoms with E-state index in [1.165, 1.54) is 38.5 Å². The van der Waals surface area contributed by atoms with E-state index in [-0.39, 0.29) is 5.54 Å². The van der Waals surface area contributed by atoms with Crippen molar-refractivity contribution in [1.82, 2.24) is 5.32 Å². The van der Waals surface area contributed by atoms with Gasteiger partial charge in [-0.05, 0) is 99.3 Å². The quantitative estimate of drug-likeness (QED) is 0.761. The standard InChI is InChI=1S/C21H30ClN/c1-4-23-19(2,3)21-12-15-9-16(13-21)11-20(10-15,14-21)17-5-7-18(22)8-6-17/h5-8,15-16,23H,4,9-14H2,1-3H3. The van der Waals surface area contributed by atoms with Crippen LogP contribution in [0.4, 0.5) is 0 Å². The summed E-state index contributed by atoms with van der Waals surface area (Å²) in [5.41, 5.74) is 2.65. The molecule has 1 aromatic rings. The van der Waals surface area contributed by atoms with Crippen LogP contribution in [0.15, 0.2) is 24.3 Å². The van der Waals surface area contributed by atoms with Crippen molar-refractivity contribution in [3.05, 3.63) is 34.9 Å². The number of hydrogen-bond acceptors (Lipinski definition) is 1. The second-order valence-corrected chi connectivity index (χ2v) is 9.62. The van der Waals surface area contributed by atoms with E-state index in [9.17, 15) is 0 Å². The highest BCUT2D eigenvalue weighted by atomic mass is 35.5. The smallest absolute Gasteiger partial charge is 0.0406 e. The van der Waals surface area contributed by atoms with Gasteiger partial charge in [0.2, 0.25) is 0 Å². The summed E-state index contributed by atoms with van der Waals surface area (Å²) in [5.74, 6) is 1.84. The van der Waals surface area contributed by atoms with Gasteiger partial charge in [0, 0.05) is 10.6 Å². The van der Waals surface area contributed by atoms with Gasteiger partial charge in [-0.15, -0.1) is 0 Å². The summed E-state index contributed by atoms with van der Waals surface area (Å²) in [6.07, 6.45) is 8.48. The second-order valence-electron chi connectivity index (χ2n) is 9.18. The topological polar surface area (TPSA) is 12.0 Å².